The summed E-state index contributed by atoms with van der Waals surface area (Å²) in [5, 5.41) is 31.4. The van der Waals surface area contributed by atoms with Crippen molar-refractivity contribution in [3.05, 3.63) is 149 Å². The van der Waals surface area contributed by atoms with Crippen LogP contribution >= 0.6 is 23.2 Å². The predicted octanol–water partition coefficient (Wildman–Crippen LogP) is 7.59. The number of halogens is 12. The molecule has 4 aromatic carbocycles. The Morgan fingerprint density at radius 1 is 0.536 bits per heavy atom. The average molecular weight is 1240 g/mol. The number of ether oxygens (including phenoxy) is 4. The molecule has 0 bridgehead atoms. The van der Waals surface area contributed by atoms with Gasteiger partial charge in [-0.15, -0.1) is 0 Å². The van der Waals surface area contributed by atoms with Gasteiger partial charge in [0.15, 0.2) is 47.0 Å². The molecular weight excluding hydrogens is 1190 g/mol. The van der Waals surface area contributed by atoms with E-state index in [0.29, 0.717) is 49.9 Å². The topological polar surface area (TPSA) is 235 Å². The van der Waals surface area contributed by atoms with E-state index in [1.807, 2.05) is 23.9 Å². The minimum absolute atomic E-state index is 0.0148. The van der Waals surface area contributed by atoms with Crippen LogP contribution in [-0.2, 0) is 49.3 Å². The number of aliphatic hydroxyl groups is 2. The van der Waals surface area contributed by atoms with Gasteiger partial charge < -0.3 is 59.0 Å². The van der Waals surface area contributed by atoms with Gasteiger partial charge in [-0.2, -0.15) is 36.3 Å². The molecule has 0 aliphatic carbocycles. The van der Waals surface area contributed by atoms with Crippen LogP contribution in [0.15, 0.2) is 82.4 Å². The summed E-state index contributed by atoms with van der Waals surface area (Å²) in [5.41, 5.74) is -3.39. The SMILES string of the molecule is CN1CCN(c2cc(OCc3cc(F)c(Oc4ccc(Cl)c(C(F)(F)F)c4)c(F)c3)nc(=O)n2C)CC1.CN1CCN(c2cc(OCc3cc(F)c(Oc4ccc(Cl)c(C(F)(F)F)c4)c(F)c3)nc(=O)n2C)CC1.O=C(O)C(O)C(O)C(=O)O. The van der Waals surface area contributed by atoms with E-state index in [1.165, 1.54) is 9.13 Å². The number of rotatable bonds is 15. The van der Waals surface area contributed by atoms with Crippen LogP contribution in [0.5, 0.6) is 34.8 Å². The summed E-state index contributed by atoms with van der Waals surface area (Å²) in [5.74, 6) is -9.65. The van der Waals surface area contributed by atoms with Crippen LogP contribution < -0.4 is 40.1 Å². The van der Waals surface area contributed by atoms with Gasteiger partial charge in [-0.1, -0.05) is 23.2 Å². The third-order valence-corrected chi connectivity index (χ3v) is 13.1. The van der Waals surface area contributed by atoms with Crippen molar-refractivity contribution < 1.29 is 92.9 Å². The molecule has 8 rings (SSSR count). The highest BCUT2D eigenvalue weighted by Crippen LogP contribution is 2.40. The maximum Gasteiger partial charge on any atom is 0.417 e. The van der Waals surface area contributed by atoms with E-state index >= 15 is 0 Å². The number of piperazine rings is 2. The smallest absolute Gasteiger partial charge is 0.417 e. The van der Waals surface area contributed by atoms with Crippen molar-refractivity contribution in [2.75, 3.05) is 76.3 Å². The highest BCUT2D eigenvalue weighted by molar-refractivity contribution is 6.31. The normalized spacial score (nSPS) is 14.8. The number of carboxylic acids is 2. The van der Waals surface area contributed by atoms with Crippen LogP contribution in [0.1, 0.15) is 22.3 Å². The van der Waals surface area contributed by atoms with Crippen molar-refractivity contribution in [3.63, 3.8) is 0 Å². The Balaban J connectivity index is 0.000000232. The molecule has 2 fully saturated rings. The molecular formula is C52H50Cl2F10N8O12. The zero-order valence-electron chi connectivity index (χ0n) is 44.3. The molecule has 6 aromatic rings. The zero-order valence-corrected chi connectivity index (χ0v) is 45.8. The van der Waals surface area contributed by atoms with Crippen LogP contribution in [0.25, 0.3) is 0 Å². The number of likely N-dealkylation sites (N-methyl/N-ethyl adjacent to an activating group) is 2. The number of nitrogens with zero attached hydrogens (tertiary/aromatic N) is 8. The summed E-state index contributed by atoms with van der Waals surface area (Å²) >= 11 is 11.1. The highest BCUT2D eigenvalue weighted by Gasteiger charge is 2.35. The summed E-state index contributed by atoms with van der Waals surface area (Å²) in [7, 11) is 7.19. The van der Waals surface area contributed by atoms with Gasteiger partial charge in [0.1, 0.15) is 36.3 Å². The molecule has 0 radical (unpaired) electrons. The quantitative estimate of drug-likeness (QED) is 0.0725. The van der Waals surface area contributed by atoms with Crippen molar-refractivity contribution in [2.45, 2.75) is 37.8 Å². The number of aliphatic carboxylic acids is 2. The van der Waals surface area contributed by atoms with Gasteiger partial charge in [0.2, 0.25) is 11.8 Å². The molecule has 0 spiro atoms. The second-order valence-corrected chi connectivity index (χ2v) is 19.4. The first-order chi connectivity index (χ1) is 39.3. The van der Waals surface area contributed by atoms with E-state index in [0.717, 1.165) is 74.7 Å². The third-order valence-electron chi connectivity index (χ3n) is 12.5. The second-order valence-electron chi connectivity index (χ2n) is 18.6. The average Bonchev–Trinajstić information content (AvgIpc) is 2.49. The van der Waals surface area contributed by atoms with Gasteiger partial charge in [-0.25, -0.2) is 36.7 Å². The Bertz CT molecular complexity index is 3200. The second kappa shape index (κ2) is 27.7. The number of hydrogen-bond acceptors (Lipinski definition) is 16. The Morgan fingerprint density at radius 3 is 1.13 bits per heavy atom. The predicted molar refractivity (Wildman–Crippen MR) is 280 cm³/mol. The maximum absolute atomic E-state index is 14.6. The molecule has 2 aliphatic rings. The summed E-state index contributed by atoms with van der Waals surface area (Å²) < 4.78 is 161. The van der Waals surface area contributed by atoms with Crippen molar-refractivity contribution in [3.8, 4) is 34.8 Å². The lowest BCUT2D eigenvalue weighted by molar-refractivity contribution is -0.165. The monoisotopic (exact) mass is 1240 g/mol. The molecule has 2 aliphatic heterocycles. The van der Waals surface area contributed by atoms with Crippen LogP contribution in [0.2, 0.25) is 10.0 Å². The van der Waals surface area contributed by atoms with Crippen molar-refractivity contribution in [2.24, 2.45) is 14.1 Å². The van der Waals surface area contributed by atoms with E-state index in [9.17, 15) is 63.1 Å². The summed E-state index contributed by atoms with van der Waals surface area (Å²) in [4.78, 5) is 60.2. The third kappa shape index (κ3) is 17.1. The molecule has 454 valence electrons. The lowest BCUT2D eigenvalue weighted by Gasteiger charge is -2.34. The number of aromatic nitrogens is 4. The Morgan fingerprint density at radius 2 is 0.845 bits per heavy atom. The van der Waals surface area contributed by atoms with E-state index in [1.54, 1.807) is 26.2 Å². The molecule has 2 aromatic heterocycles. The largest absolute Gasteiger partial charge is 0.479 e. The lowest BCUT2D eigenvalue weighted by atomic mass is 10.2. The fourth-order valence-electron chi connectivity index (χ4n) is 7.82. The van der Waals surface area contributed by atoms with Crippen molar-refractivity contribution in [1.82, 2.24) is 28.9 Å². The Kier molecular flexibility index (Phi) is 21.5. The standard InChI is InChI=1S/2C24H22ClF5N4O3.C4H6O6/c2*1-32-5-7-34(8-6-32)21-12-20(31-23(35)33(21)2)36-13-14-9-18(26)22(19(27)10-14)37-15-3-4-17(25)16(11-15)24(28,29)30;5-1(3(7)8)2(6)4(9)10/h2*3-4,9-12H,5-8,13H2,1-2H3;1-2,5-6H,(H,7,8)(H,9,10). The van der Waals surface area contributed by atoms with E-state index < -0.39 is 115 Å². The van der Waals surface area contributed by atoms with E-state index in [-0.39, 0.29) is 36.1 Å². The van der Waals surface area contributed by atoms with Crippen molar-refractivity contribution in [1.29, 1.82) is 0 Å². The first-order valence-electron chi connectivity index (χ1n) is 24.5. The van der Waals surface area contributed by atoms with Gasteiger partial charge in [-0.05, 0) is 85.9 Å². The Hall–Kier alpha value is -7.90. The maximum atomic E-state index is 14.6. The number of alkyl halides is 6. The summed E-state index contributed by atoms with van der Waals surface area (Å²) in [6, 6.07) is 11.9. The van der Waals surface area contributed by atoms with E-state index in [2.05, 4.69) is 19.8 Å². The number of benzene rings is 4. The number of carbonyl (C=O) groups is 2. The Labute approximate surface area is 479 Å². The minimum atomic E-state index is -4.77. The fraction of sp³-hybridized carbons (Fsp3) is 0.346. The molecule has 0 amide bonds. The van der Waals surface area contributed by atoms with Gasteiger partial charge in [0.05, 0.1) is 21.2 Å². The molecule has 2 unspecified atom stereocenters. The number of anilines is 2. The number of carboxylic acid groups (broad SMARTS) is 2. The van der Waals surface area contributed by atoms with E-state index in [4.69, 9.17) is 62.6 Å². The molecule has 4 heterocycles. The van der Waals surface area contributed by atoms with Gasteiger partial charge >= 0.3 is 35.7 Å². The molecule has 4 N–H and O–H groups in total. The highest BCUT2D eigenvalue weighted by atomic mass is 35.5. The first kappa shape index (κ1) is 65.3. The van der Waals surface area contributed by atoms with Crippen molar-refractivity contribution >= 4 is 46.8 Å². The molecule has 20 nitrogen and oxygen atoms in total. The van der Waals surface area contributed by atoms with Crippen LogP contribution in [0, 0.1) is 23.3 Å². The number of hydrogen-bond donors (Lipinski definition) is 4. The van der Waals surface area contributed by atoms with Gasteiger partial charge in [0, 0.05) is 78.6 Å². The number of aliphatic hydroxyl groups excluding tert-OH is 2. The zero-order chi connectivity index (χ0) is 62.1. The summed E-state index contributed by atoms with van der Waals surface area (Å²) in [6.07, 6.45) is -14.1. The first-order valence-corrected chi connectivity index (χ1v) is 25.2. The molecule has 84 heavy (non-hydrogen) atoms. The van der Waals surface area contributed by atoms with Gasteiger partial charge in [0.25, 0.3) is 0 Å². The molecule has 32 heteroatoms. The summed E-state index contributed by atoms with van der Waals surface area (Å²) in [6.45, 7) is 5.39. The fourth-order valence-corrected chi connectivity index (χ4v) is 8.27. The lowest BCUT2D eigenvalue weighted by Crippen LogP contribution is -2.46. The minimum Gasteiger partial charge on any atom is -0.479 e. The van der Waals surface area contributed by atoms with Crippen LogP contribution in [0.4, 0.5) is 55.5 Å². The molecule has 2 atom stereocenters. The van der Waals surface area contributed by atoms with Crippen LogP contribution in [0.3, 0.4) is 0 Å². The van der Waals surface area contributed by atoms with Crippen LogP contribution in [-0.4, -0.2) is 140 Å². The molecule has 0 saturated carbocycles. The molecule has 2 saturated heterocycles. The van der Waals surface area contributed by atoms with Gasteiger partial charge in [-0.3, -0.25) is 9.13 Å².